The van der Waals surface area contributed by atoms with Gasteiger partial charge in [-0.2, -0.15) is 4.39 Å². The van der Waals surface area contributed by atoms with E-state index in [-0.39, 0.29) is 23.5 Å². The van der Waals surface area contributed by atoms with Crippen LogP contribution < -0.4 is 4.74 Å². The Labute approximate surface area is 108 Å². The third-order valence-corrected chi connectivity index (χ3v) is 2.61. The van der Waals surface area contributed by atoms with E-state index in [0.29, 0.717) is 0 Å². The first kappa shape index (κ1) is 13.3. The highest BCUT2D eigenvalue weighted by Crippen LogP contribution is 2.31. The lowest BCUT2D eigenvalue weighted by Crippen LogP contribution is -1.98. The van der Waals surface area contributed by atoms with Crippen LogP contribution in [0.3, 0.4) is 0 Å². The maximum atomic E-state index is 13.9. The summed E-state index contributed by atoms with van der Waals surface area (Å²) < 4.78 is 45.7. The molecule has 0 saturated carbocycles. The average molecular weight is 268 g/mol. The molecule has 0 unspecified atom stereocenters. The molecule has 0 atom stereocenters. The zero-order valence-electron chi connectivity index (χ0n) is 10.1. The van der Waals surface area contributed by atoms with Crippen molar-refractivity contribution in [2.24, 2.45) is 0 Å². The number of hydrogen-bond donors (Lipinski definition) is 1. The zero-order chi connectivity index (χ0) is 14.0. The molecule has 2 nitrogen and oxygen atoms in total. The Morgan fingerprint density at radius 1 is 1.05 bits per heavy atom. The van der Waals surface area contributed by atoms with Crippen LogP contribution in [0.2, 0.25) is 0 Å². The van der Waals surface area contributed by atoms with Crippen LogP contribution in [0.15, 0.2) is 30.3 Å². The summed E-state index contributed by atoms with van der Waals surface area (Å²) in [6, 6.07) is 5.90. The molecule has 0 aliphatic rings. The van der Waals surface area contributed by atoms with E-state index >= 15 is 0 Å². The van der Waals surface area contributed by atoms with Gasteiger partial charge in [0.1, 0.15) is 0 Å². The van der Waals surface area contributed by atoms with Gasteiger partial charge in [0.15, 0.2) is 23.1 Å². The minimum Gasteiger partial charge on any atom is -0.505 e. The number of rotatable bonds is 3. The van der Waals surface area contributed by atoms with Crippen molar-refractivity contribution in [1.29, 1.82) is 0 Å². The fraction of sp³-hybridized carbons (Fsp3) is 0.143. The molecule has 0 saturated heterocycles. The molecule has 0 aliphatic carbocycles. The molecule has 0 aliphatic heterocycles. The van der Waals surface area contributed by atoms with Gasteiger partial charge >= 0.3 is 0 Å². The standard InChI is InChI=1S/C14H11F3O2/c1-2-19-12-6-4-9(13(16)14(12)17)8-3-5-11(18)10(15)7-8/h3-7,18H,2H2,1H3. The number of halogens is 3. The summed E-state index contributed by atoms with van der Waals surface area (Å²) in [5, 5.41) is 9.07. The van der Waals surface area contributed by atoms with Gasteiger partial charge in [-0.05, 0) is 36.8 Å². The Bertz CT molecular complexity index is 612. The maximum absolute atomic E-state index is 13.9. The lowest BCUT2D eigenvalue weighted by atomic mass is 10.0. The van der Waals surface area contributed by atoms with Crippen molar-refractivity contribution in [3.05, 3.63) is 47.8 Å². The topological polar surface area (TPSA) is 29.5 Å². The second-order valence-corrected chi connectivity index (χ2v) is 3.84. The molecule has 2 aromatic carbocycles. The third kappa shape index (κ3) is 2.50. The van der Waals surface area contributed by atoms with E-state index in [2.05, 4.69) is 0 Å². The van der Waals surface area contributed by atoms with Gasteiger partial charge in [-0.3, -0.25) is 0 Å². The van der Waals surface area contributed by atoms with Crippen molar-refractivity contribution < 1.29 is 23.0 Å². The predicted octanol–water partition coefficient (Wildman–Crippen LogP) is 3.88. The van der Waals surface area contributed by atoms with Crippen LogP contribution in [0, 0.1) is 17.5 Å². The quantitative estimate of drug-likeness (QED) is 0.915. The van der Waals surface area contributed by atoms with Gasteiger partial charge in [0.25, 0.3) is 0 Å². The number of phenolic OH excluding ortho intramolecular Hbond substituents is 1. The molecular weight excluding hydrogens is 257 g/mol. The first-order chi connectivity index (χ1) is 9.04. The van der Waals surface area contributed by atoms with Crippen molar-refractivity contribution in [2.45, 2.75) is 6.92 Å². The average Bonchev–Trinajstić information content (AvgIpc) is 2.39. The first-order valence-electron chi connectivity index (χ1n) is 5.64. The summed E-state index contributed by atoms with van der Waals surface area (Å²) in [4.78, 5) is 0. The van der Waals surface area contributed by atoms with E-state index in [1.807, 2.05) is 0 Å². The minimum atomic E-state index is -1.12. The number of hydrogen-bond acceptors (Lipinski definition) is 2. The number of benzene rings is 2. The second-order valence-electron chi connectivity index (χ2n) is 3.84. The smallest absolute Gasteiger partial charge is 0.201 e. The van der Waals surface area contributed by atoms with Crippen LogP contribution in [0.25, 0.3) is 11.1 Å². The van der Waals surface area contributed by atoms with E-state index in [9.17, 15) is 13.2 Å². The number of phenols is 1. The van der Waals surface area contributed by atoms with E-state index in [4.69, 9.17) is 9.84 Å². The van der Waals surface area contributed by atoms with Gasteiger partial charge in [0, 0.05) is 5.56 Å². The molecule has 19 heavy (non-hydrogen) atoms. The van der Waals surface area contributed by atoms with Crippen molar-refractivity contribution in [3.8, 4) is 22.6 Å². The molecule has 2 aromatic rings. The molecule has 0 amide bonds. The molecule has 5 heteroatoms. The normalized spacial score (nSPS) is 10.5. The van der Waals surface area contributed by atoms with Crippen molar-refractivity contribution in [1.82, 2.24) is 0 Å². The number of aromatic hydroxyl groups is 1. The Balaban J connectivity index is 2.51. The largest absolute Gasteiger partial charge is 0.505 e. The van der Waals surface area contributed by atoms with Crippen LogP contribution >= 0.6 is 0 Å². The molecule has 1 N–H and O–H groups in total. The van der Waals surface area contributed by atoms with E-state index in [1.165, 1.54) is 18.2 Å². The lowest BCUT2D eigenvalue weighted by molar-refractivity contribution is 0.314. The summed E-state index contributed by atoms with van der Waals surface area (Å²) in [7, 11) is 0. The van der Waals surface area contributed by atoms with Crippen LogP contribution in [0.4, 0.5) is 13.2 Å². The van der Waals surface area contributed by atoms with Crippen molar-refractivity contribution in [3.63, 3.8) is 0 Å². The summed E-state index contributed by atoms with van der Waals surface area (Å²) in [6.07, 6.45) is 0. The molecule has 0 aromatic heterocycles. The Morgan fingerprint density at radius 2 is 1.79 bits per heavy atom. The molecule has 0 bridgehead atoms. The van der Waals surface area contributed by atoms with Crippen molar-refractivity contribution >= 4 is 0 Å². The molecule has 0 fully saturated rings. The SMILES string of the molecule is CCOc1ccc(-c2ccc(O)c(F)c2)c(F)c1F. The molecule has 2 rings (SSSR count). The molecule has 100 valence electrons. The van der Waals surface area contributed by atoms with Crippen LogP contribution in [0.1, 0.15) is 6.92 Å². The van der Waals surface area contributed by atoms with E-state index < -0.39 is 23.2 Å². The highest BCUT2D eigenvalue weighted by atomic mass is 19.2. The predicted molar refractivity (Wildman–Crippen MR) is 64.6 cm³/mol. The van der Waals surface area contributed by atoms with Gasteiger partial charge in [0.05, 0.1) is 6.61 Å². The maximum Gasteiger partial charge on any atom is 0.201 e. The second kappa shape index (κ2) is 5.22. The van der Waals surface area contributed by atoms with E-state index in [1.54, 1.807) is 6.92 Å². The Kier molecular flexibility index (Phi) is 3.64. The molecule has 0 spiro atoms. The monoisotopic (exact) mass is 268 g/mol. The Hall–Kier alpha value is -2.17. The summed E-state index contributed by atoms with van der Waals surface area (Å²) in [5.74, 6) is -3.87. The van der Waals surface area contributed by atoms with Crippen LogP contribution in [-0.2, 0) is 0 Å². The summed E-state index contributed by atoms with van der Waals surface area (Å²) in [6.45, 7) is 1.87. The lowest BCUT2D eigenvalue weighted by Gasteiger charge is -2.09. The molecule has 0 heterocycles. The van der Waals surface area contributed by atoms with Crippen LogP contribution in [0.5, 0.6) is 11.5 Å². The van der Waals surface area contributed by atoms with Crippen LogP contribution in [-0.4, -0.2) is 11.7 Å². The fourth-order valence-electron chi connectivity index (χ4n) is 1.70. The third-order valence-electron chi connectivity index (χ3n) is 2.61. The minimum absolute atomic E-state index is 0.0974. The first-order valence-corrected chi connectivity index (χ1v) is 5.64. The van der Waals surface area contributed by atoms with Gasteiger partial charge < -0.3 is 9.84 Å². The van der Waals surface area contributed by atoms with Gasteiger partial charge in [-0.25, -0.2) is 8.78 Å². The van der Waals surface area contributed by atoms with Gasteiger partial charge in [-0.15, -0.1) is 0 Å². The fourth-order valence-corrected chi connectivity index (χ4v) is 1.70. The van der Waals surface area contributed by atoms with Gasteiger partial charge in [-0.1, -0.05) is 6.07 Å². The number of ether oxygens (including phenoxy) is 1. The van der Waals surface area contributed by atoms with Crippen molar-refractivity contribution in [2.75, 3.05) is 6.61 Å². The molecular formula is C14H11F3O2. The highest BCUT2D eigenvalue weighted by Gasteiger charge is 2.16. The highest BCUT2D eigenvalue weighted by molar-refractivity contribution is 5.66. The zero-order valence-corrected chi connectivity index (χ0v) is 10.1. The van der Waals surface area contributed by atoms with E-state index in [0.717, 1.165) is 12.1 Å². The Morgan fingerprint density at radius 3 is 2.42 bits per heavy atom. The summed E-state index contributed by atoms with van der Waals surface area (Å²) in [5.41, 5.74) is 0.0367. The van der Waals surface area contributed by atoms with Gasteiger partial charge in [0.2, 0.25) is 5.82 Å². The summed E-state index contributed by atoms with van der Waals surface area (Å²) >= 11 is 0. The molecule has 0 radical (unpaired) electrons.